The molecule has 1 fully saturated rings. The third-order valence-corrected chi connectivity index (χ3v) is 6.02. The molecule has 1 saturated heterocycles. The Hall–Kier alpha value is -3.53. The van der Waals surface area contributed by atoms with E-state index in [2.05, 4.69) is 5.32 Å². The van der Waals surface area contributed by atoms with Crippen LogP contribution in [0.3, 0.4) is 0 Å². The van der Waals surface area contributed by atoms with Crippen LogP contribution in [0.15, 0.2) is 45.6 Å². The number of anilines is 1. The van der Waals surface area contributed by atoms with Gasteiger partial charge in [-0.1, -0.05) is 0 Å². The van der Waals surface area contributed by atoms with Crippen molar-refractivity contribution in [3.05, 3.63) is 64.1 Å². The number of likely N-dealkylation sites (tertiary alicyclic amines) is 1. The van der Waals surface area contributed by atoms with E-state index in [4.69, 9.17) is 4.42 Å². The molecular formula is C24H26F2N4O4. The summed E-state index contributed by atoms with van der Waals surface area (Å²) in [5, 5.41) is 2.88. The number of aromatic nitrogens is 1. The second-order valence-corrected chi connectivity index (χ2v) is 8.69. The Labute approximate surface area is 194 Å². The summed E-state index contributed by atoms with van der Waals surface area (Å²) < 4.78 is 33.9. The predicted octanol–water partition coefficient (Wildman–Crippen LogP) is 2.93. The molecule has 0 spiro atoms. The van der Waals surface area contributed by atoms with Gasteiger partial charge in [-0.25, -0.2) is 13.6 Å². The van der Waals surface area contributed by atoms with Gasteiger partial charge in [0.2, 0.25) is 5.91 Å². The van der Waals surface area contributed by atoms with Crippen LogP contribution in [0.1, 0.15) is 23.2 Å². The molecule has 180 valence electrons. The molecule has 8 nitrogen and oxygen atoms in total. The van der Waals surface area contributed by atoms with Gasteiger partial charge in [0.1, 0.15) is 11.6 Å². The number of likely N-dealkylation sites (N-methyl/N-ethyl adjacent to an activating group) is 1. The molecule has 1 aromatic heterocycles. The summed E-state index contributed by atoms with van der Waals surface area (Å²) in [6.07, 6.45) is 0.837. The van der Waals surface area contributed by atoms with E-state index in [9.17, 15) is 23.2 Å². The topological polar surface area (TPSA) is 87.8 Å². The number of hydrogen-bond acceptors (Lipinski definition) is 5. The largest absolute Gasteiger partial charge is 0.419 e. The first-order valence-electron chi connectivity index (χ1n) is 11.1. The minimum absolute atomic E-state index is 0.182. The smallest absolute Gasteiger partial charge is 0.408 e. The maximum Gasteiger partial charge on any atom is 0.419 e. The van der Waals surface area contributed by atoms with Crippen LogP contribution < -0.4 is 11.1 Å². The maximum atomic E-state index is 13.9. The van der Waals surface area contributed by atoms with Gasteiger partial charge < -0.3 is 19.5 Å². The molecule has 0 bridgehead atoms. The monoisotopic (exact) mass is 472 g/mol. The van der Waals surface area contributed by atoms with Crippen molar-refractivity contribution >= 4 is 28.6 Å². The Kier molecular flexibility index (Phi) is 6.78. The molecule has 0 aliphatic carbocycles. The Bertz CT molecular complexity index is 1280. The van der Waals surface area contributed by atoms with Gasteiger partial charge in [0.05, 0.1) is 11.1 Å². The molecule has 1 aliphatic heterocycles. The summed E-state index contributed by atoms with van der Waals surface area (Å²) >= 11 is 0. The summed E-state index contributed by atoms with van der Waals surface area (Å²) in [5.74, 6) is -3.12. The Morgan fingerprint density at radius 3 is 2.53 bits per heavy atom. The van der Waals surface area contributed by atoms with Crippen LogP contribution in [-0.4, -0.2) is 59.9 Å². The van der Waals surface area contributed by atoms with Crippen molar-refractivity contribution in [2.75, 3.05) is 39.0 Å². The molecule has 0 saturated carbocycles. The Morgan fingerprint density at radius 1 is 1.12 bits per heavy atom. The van der Waals surface area contributed by atoms with E-state index in [1.54, 1.807) is 18.2 Å². The van der Waals surface area contributed by atoms with E-state index in [-0.39, 0.29) is 17.4 Å². The third-order valence-electron chi connectivity index (χ3n) is 6.02. The van der Waals surface area contributed by atoms with Gasteiger partial charge >= 0.3 is 5.76 Å². The maximum absolute atomic E-state index is 13.9. The van der Waals surface area contributed by atoms with Crippen LogP contribution in [0.4, 0.5) is 14.5 Å². The summed E-state index contributed by atoms with van der Waals surface area (Å²) in [6, 6.07) is 7.91. The lowest BCUT2D eigenvalue weighted by molar-refractivity contribution is -0.121. The lowest BCUT2D eigenvalue weighted by Gasteiger charge is -2.31. The number of nitrogens with zero attached hydrogens (tertiary/aromatic N) is 3. The highest BCUT2D eigenvalue weighted by atomic mass is 19.1. The van der Waals surface area contributed by atoms with Crippen molar-refractivity contribution in [1.29, 1.82) is 0 Å². The molecule has 0 unspecified atom stereocenters. The van der Waals surface area contributed by atoms with Gasteiger partial charge in [0, 0.05) is 43.9 Å². The van der Waals surface area contributed by atoms with Crippen LogP contribution in [0.25, 0.3) is 11.1 Å². The van der Waals surface area contributed by atoms with Crippen LogP contribution >= 0.6 is 0 Å². The lowest BCUT2D eigenvalue weighted by atomic mass is 9.95. The van der Waals surface area contributed by atoms with E-state index in [0.29, 0.717) is 61.9 Å². The standard InChI is InChI=1S/C24H26F2N4O4/c1-28(2)11-12-30-20-14-17(4-6-21(20)34-24(30)33)27-22(31)15-7-9-29(10-8-15)23(32)18-5-3-16(25)13-19(18)26/h3-6,13-15H,7-12H2,1-2H3,(H,27,31). The number of oxazole rings is 1. The second kappa shape index (κ2) is 9.76. The fourth-order valence-electron chi connectivity index (χ4n) is 4.07. The Morgan fingerprint density at radius 2 is 1.85 bits per heavy atom. The quantitative estimate of drug-likeness (QED) is 0.596. The first-order chi connectivity index (χ1) is 16.2. The molecule has 3 aromatic rings. The molecule has 0 radical (unpaired) electrons. The molecule has 2 amide bonds. The van der Waals surface area contributed by atoms with Crippen molar-refractivity contribution in [3.63, 3.8) is 0 Å². The molecule has 1 aliphatic rings. The number of amides is 2. The molecule has 2 aromatic carbocycles. The highest BCUT2D eigenvalue weighted by molar-refractivity contribution is 5.96. The zero-order valence-electron chi connectivity index (χ0n) is 19.0. The number of nitrogens with one attached hydrogen (secondary N) is 1. The average molecular weight is 472 g/mol. The van der Waals surface area contributed by atoms with Crippen molar-refractivity contribution < 1.29 is 22.8 Å². The summed E-state index contributed by atoms with van der Waals surface area (Å²) in [5.41, 5.74) is 1.41. The lowest BCUT2D eigenvalue weighted by Crippen LogP contribution is -2.41. The fraction of sp³-hybridized carbons (Fsp3) is 0.375. The average Bonchev–Trinajstić information content (AvgIpc) is 3.11. The number of carbonyl (C=O) groups is 2. The number of piperidine rings is 1. The zero-order valence-corrected chi connectivity index (χ0v) is 19.0. The number of carbonyl (C=O) groups excluding carboxylic acids is 2. The predicted molar refractivity (Wildman–Crippen MR) is 123 cm³/mol. The molecule has 34 heavy (non-hydrogen) atoms. The molecule has 1 N–H and O–H groups in total. The van der Waals surface area contributed by atoms with Gasteiger partial charge in [-0.15, -0.1) is 0 Å². The molecule has 0 atom stereocenters. The number of halogens is 2. The van der Waals surface area contributed by atoms with Crippen LogP contribution in [0.2, 0.25) is 0 Å². The van der Waals surface area contributed by atoms with Crippen LogP contribution in [0, 0.1) is 17.6 Å². The van der Waals surface area contributed by atoms with Crippen molar-refractivity contribution in [3.8, 4) is 0 Å². The summed E-state index contributed by atoms with van der Waals surface area (Å²) in [7, 11) is 3.82. The number of fused-ring (bicyclic) bond motifs is 1. The fourth-order valence-corrected chi connectivity index (χ4v) is 4.07. The van der Waals surface area contributed by atoms with Crippen molar-refractivity contribution in [1.82, 2.24) is 14.4 Å². The molecular weight excluding hydrogens is 446 g/mol. The summed E-state index contributed by atoms with van der Waals surface area (Å²) in [4.78, 5) is 41.0. The minimum Gasteiger partial charge on any atom is -0.408 e. The van der Waals surface area contributed by atoms with Crippen LogP contribution in [-0.2, 0) is 11.3 Å². The Balaban J connectivity index is 1.39. The van der Waals surface area contributed by atoms with Crippen LogP contribution in [0.5, 0.6) is 0 Å². The zero-order chi connectivity index (χ0) is 24.4. The van der Waals surface area contributed by atoms with E-state index >= 15 is 0 Å². The highest BCUT2D eigenvalue weighted by Gasteiger charge is 2.29. The highest BCUT2D eigenvalue weighted by Crippen LogP contribution is 2.24. The first-order valence-corrected chi connectivity index (χ1v) is 11.1. The number of hydrogen-bond donors (Lipinski definition) is 1. The van der Waals surface area contributed by atoms with Crippen molar-refractivity contribution in [2.45, 2.75) is 19.4 Å². The summed E-state index contributed by atoms with van der Waals surface area (Å²) in [6.45, 7) is 1.69. The SMILES string of the molecule is CN(C)CCn1c(=O)oc2ccc(NC(=O)C3CCN(C(=O)c4ccc(F)cc4F)CC3)cc21. The minimum atomic E-state index is -0.899. The van der Waals surface area contributed by atoms with Gasteiger partial charge in [-0.2, -0.15) is 0 Å². The van der Waals surface area contributed by atoms with Gasteiger partial charge in [0.25, 0.3) is 5.91 Å². The van der Waals surface area contributed by atoms with Crippen molar-refractivity contribution in [2.24, 2.45) is 5.92 Å². The van der Waals surface area contributed by atoms with Gasteiger partial charge in [0.15, 0.2) is 5.58 Å². The molecule has 4 rings (SSSR count). The van der Waals surface area contributed by atoms with Gasteiger partial charge in [-0.05, 0) is 57.3 Å². The van der Waals surface area contributed by atoms with Gasteiger partial charge in [-0.3, -0.25) is 14.2 Å². The molecule has 2 heterocycles. The normalized spacial score (nSPS) is 14.7. The second-order valence-electron chi connectivity index (χ2n) is 8.69. The number of benzene rings is 2. The third kappa shape index (κ3) is 5.01. The van der Waals surface area contributed by atoms with E-state index in [0.717, 1.165) is 12.1 Å². The number of rotatable bonds is 6. The van der Waals surface area contributed by atoms with E-state index in [1.165, 1.54) is 9.47 Å². The van der Waals surface area contributed by atoms with E-state index < -0.39 is 23.3 Å². The molecule has 10 heteroatoms. The van der Waals surface area contributed by atoms with E-state index in [1.807, 2.05) is 19.0 Å². The first kappa shape index (κ1) is 23.6.